The summed E-state index contributed by atoms with van der Waals surface area (Å²) in [5.41, 5.74) is 2.22. The van der Waals surface area contributed by atoms with Gasteiger partial charge >= 0.3 is 11.9 Å². The lowest BCUT2D eigenvalue weighted by atomic mass is 9.84. The minimum Gasteiger partial charge on any atom is -0.458 e. The summed E-state index contributed by atoms with van der Waals surface area (Å²) in [5.74, 6) is -0.762. The first-order chi connectivity index (χ1) is 14.4. The summed E-state index contributed by atoms with van der Waals surface area (Å²) in [6, 6.07) is 7.68. The Balaban J connectivity index is 1.38. The molecule has 2 fully saturated rings. The van der Waals surface area contributed by atoms with E-state index in [9.17, 15) is 9.59 Å². The van der Waals surface area contributed by atoms with Gasteiger partial charge in [-0.15, -0.1) is 0 Å². The lowest BCUT2D eigenvalue weighted by molar-refractivity contribution is -0.140. The molecule has 0 unspecified atom stereocenters. The molecular weight excluding hydrogens is 448 g/mol. The molecule has 0 spiro atoms. The third-order valence-electron chi connectivity index (χ3n) is 6.10. The molecule has 0 N–H and O–H groups in total. The smallest absolute Gasteiger partial charge is 0.334 e. The highest BCUT2D eigenvalue weighted by molar-refractivity contribution is 9.10. The Labute approximate surface area is 184 Å². The van der Waals surface area contributed by atoms with Crippen molar-refractivity contribution < 1.29 is 23.8 Å². The highest BCUT2D eigenvalue weighted by atomic mass is 79.9. The first-order valence-electron chi connectivity index (χ1n) is 10.2. The maximum atomic E-state index is 12.2. The predicted octanol–water partition coefficient (Wildman–Crippen LogP) is 4.76. The van der Waals surface area contributed by atoms with E-state index >= 15 is 0 Å². The van der Waals surface area contributed by atoms with Gasteiger partial charge in [0.2, 0.25) is 0 Å². The number of carbonyl (C=O) groups is 2. The molecule has 1 aromatic carbocycles. The van der Waals surface area contributed by atoms with Gasteiger partial charge in [0.15, 0.2) is 0 Å². The minimum absolute atomic E-state index is 0.0540. The van der Waals surface area contributed by atoms with E-state index < -0.39 is 0 Å². The molecular formula is C24H25BrO5. The lowest BCUT2D eigenvalue weighted by Crippen LogP contribution is -2.29. The molecule has 0 radical (unpaired) electrons. The molecule has 2 aliphatic heterocycles. The molecule has 4 rings (SSSR count). The van der Waals surface area contributed by atoms with Crippen LogP contribution in [0.2, 0.25) is 0 Å². The van der Waals surface area contributed by atoms with Crippen molar-refractivity contribution in [1.29, 1.82) is 0 Å². The average Bonchev–Trinajstić information content (AvgIpc) is 3.30. The topological polar surface area (TPSA) is 65.1 Å². The third-order valence-corrected chi connectivity index (χ3v) is 6.59. The Morgan fingerprint density at radius 2 is 2.27 bits per heavy atom. The summed E-state index contributed by atoms with van der Waals surface area (Å²) in [5, 5.41) is 0. The van der Waals surface area contributed by atoms with Gasteiger partial charge in [0.05, 0.1) is 5.60 Å². The number of carbonyl (C=O) groups excluding carboxylic acids is 2. The van der Waals surface area contributed by atoms with Gasteiger partial charge in [0, 0.05) is 22.0 Å². The van der Waals surface area contributed by atoms with Crippen molar-refractivity contribution >= 4 is 33.9 Å². The SMILES string of the molecule is C=C1C(=O)O[C@H]2[C@H]1CC/C(COC(=O)/C=C/c1cccc(Br)c1)=C\CC[C@@]1(C)O[C@@H]21. The Hall–Kier alpha value is -2.18. The van der Waals surface area contributed by atoms with Crippen LogP contribution in [0.4, 0.5) is 0 Å². The molecule has 0 amide bonds. The van der Waals surface area contributed by atoms with Crippen LogP contribution in [0, 0.1) is 5.92 Å². The van der Waals surface area contributed by atoms with Gasteiger partial charge in [0.1, 0.15) is 18.8 Å². The predicted molar refractivity (Wildman–Crippen MR) is 116 cm³/mol. The van der Waals surface area contributed by atoms with Crippen LogP contribution in [0.3, 0.4) is 0 Å². The maximum Gasteiger partial charge on any atom is 0.334 e. The zero-order chi connectivity index (χ0) is 21.3. The van der Waals surface area contributed by atoms with Gasteiger partial charge in [-0.25, -0.2) is 9.59 Å². The number of allylic oxidation sites excluding steroid dienone is 1. The molecule has 4 atom stereocenters. The fourth-order valence-electron chi connectivity index (χ4n) is 4.24. The van der Waals surface area contributed by atoms with E-state index in [1.807, 2.05) is 24.3 Å². The van der Waals surface area contributed by atoms with Gasteiger partial charge in [-0.1, -0.05) is 40.7 Å². The molecule has 2 heterocycles. The number of benzene rings is 1. The Bertz CT molecular complexity index is 933. The van der Waals surface area contributed by atoms with Crippen molar-refractivity contribution in [3.05, 3.63) is 64.2 Å². The largest absolute Gasteiger partial charge is 0.458 e. The fourth-order valence-corrected chi connectivity index (χ4v) is 4.65. The van der Waals surface area contributed by atoms with Crippen LogP contribution in [0.1, 0.15) is 38.2 Å². The van der Waals surface area contributed by atoms with E-state index in [0.717, 1.165) is 41.3 Å². The first-order valence-corrected chi connectivity index (χ1v) is 11.0. The highest BCUT2D eigenvalue weighted by Crippen LogP contribution is 2.49. The van der Waals surface area contributed by atoms with Crippen molar-refractivity contribution in [2.45, 2.75) is 50.4 Å². The second-order valence-electron chi connectivity index (χ2n) is 8.29. The standard InChI is InChI=1S/C24H25BrO5/c1-15-19-10-8-17(6-4-12-24(2)22(30-24)21(19)29-23(15)27)14-28-20(26)11-9-16-5-3-7-18(25)13-16/h3,5-7,9,11,13,19,21-22H,1,4,8,10,12,14H2,2H3/b11-9+,17-6+/t19-,21-,22-,24+/m0/s1. The molecule has 3 aliphatic rings. The van der Waals surface area contributed by atoms with Crippen molar-refractivity contribution in [1.82, 2.24) is 0 Å². The summed E-state index contributed by atoms with van der Waals surface area (Å²) in [4.78, 5) is 24.2. The van der Waals surface area contributed by atoms with Gasteiger partial charge in [0.25, 0.3) is 0 Å². The van der Waals surface area contributed by atoms with Crippen LogP contribution >= 0.6 is 15.9 Å². The van der Waals surface area contributed by atoms with Gasteiger partial charge in [-0.05, 0) is 62.0 Å². The highest BCUT2D eigenvalue weighted by Gasteiger charge is 2.61. The third kappa shape index (κ3) is 4.60. The van der Waals surface area contributed by atoms with Crippen LogP contribution < -0.4 is 0 Å². The summed E-state index contributed by atoms with van der Waals surface area (Å²) >= 11 is 3.41. The zero-order valence-electron chi connectivity index (χ0n) is 16.9. The Kier molecular flexibility index (Phi) is 5.98. The monoisotopic (exact) mass is 472 g/mol. The van der Waals surface area contributed by atoms with Crippen LogP contribution in [-0.2, 0) is 23.8 Å². The average molecular weight is 473 g/mol. The quantitative estimate of drug-likeness (QED) is 0.273. The van der Waals surface area contributed by atoms with E-state index in [4.69, 9.17) is 14.2 Å². The van der Waals surface area contributed by atoms with Crippen LogP contribution in [0.25, 0.3) is 6.08 Å². The van der Waals surface area contributed by atoms with Gasteiger partial charge in [-0.2, -0.15) is 0 Å². The van der Waals surface area contributed by atoms with Crippen molar-refractivity contribution in [3.8, 4) is 0 Å². The maximum absolute atomic E-state index is 12.2. The lowest BCUT2D eigenvalue weighted by Gasteiger charge is -2.20. The van der Waals surface area contributed by atoms with E-state index in [2.05, 4.69) is 35.5 Å². The summed E-state index contributed by atoms with van der Waals surface area (Å²) < 4.78 is 17.9. The second kappa shape index (κ2) is 8.52. The number of rotatable bonds is 4. The number of hydrogen-bond donors (Lipinski definition) is 0. The molecule has 0 saturated carbocycles. The van der Waals surface area contributed by atoms with Gasteiger partial charge in [-0.3, -0.25) is 0 Å². The molecule has 1 aliphatic carbocycles. The molecule has 158 valence electrons. The van der Waals surface area contributed by atoms with Crippen molar-refractivity contribution in [2.75, 3.05) is 6.61 Å². The number of halogens is 1. The van der Waals surface area contributed by atoms with Crippen LogP contribution in [0.15, 0.2) is 58.6 Å². The van der Waals surface area contributed by atoms with E-state index in [0.29, 0.717) is 5.57 Å². The van der Waals surface area contributed by atoms with Crippen molar-refractivity contribution in [2.24, 2.45) is 5.92 Å². The molecule has 1 aromatic rings. The van der Waals surface area contributed by atoms with Gasteiger partial charge < -0.3 is 14.2 Å². The Morgan fingerprint density at radius 3 is 3.07 bits per heavy atom. The van der Waals surface area contributed by atoms with E-state index in [1.54, 1.807) is 6.08 Å². The van der Waals surface area contributed by atoms with E-state index in [1.165, 1.54) is 6.08 Å². The zero-order valence-corrected chi connectivity index (χ0v) is 18.5. The minimum atomic E-state index is -0.382. The molecule has 30 heavy (non-hydrogen) atoms. The summed E-state index contributed by atoms with van der Waals surface area (Å²) in [7, 11) is 0. The molecule has 5 nitrogen and oxygen atoms in total. The number of esters is 2. The molecule has 0 bridgehead atoms. The number of ether oxygens (including phenoxy) is 3. The second-order valence-corrected chi connectivity index (χ2v) is 9.20. The summed E-state index contributed by atoms with van der Waals surface area (Å²) in [6.07, 6.45) is 8.11. The first kappa shape index (κ1) is 21.1. The normalized spacial score (nSPS) is 32.6. The number of epoxide rings is 1. The molecule has 0 aromatic heterocycles. The molecule has 6 heteroatoms. The van der Waals surface area contributed by atoms with E-state index in [-0.39, 0.29) is 42.3 Å². The molecule has 2 saturated heterocycles. The van der Waals surface area contributed by atoms with Crippen LogP contribution in [-0.4, -0.2) is 36.4 Å². The fraction of sp³-hybridized carbons (Fsp3) is 0.417. The number of hydrogen-bond acceptors (Lipinski definition) is 5. The summed E-state index contributed by atoms with van der Waals surface area (Å²) in [6.45, 7) is 6.23. The van der Waals surface area contributed by atoms with Crippen LogP contribution in [0.5, 0.6) is 0 Å². The van der Waals surface area contributed by atoms with Crippen molar-refractivity contribution in [3.63, 3.8) is 0 Å². The number of fused-ring (bicyclic) bond motifs is 3. The Morgan fingerprint density at radius 1 is 1.43 bits per heavy atom.